The van der Waals surface area contributed by atoms with Crippen LogP contribution < -0.4 is 0 Å². The molecule has 0 nitrogen and oxygen atoms in total. The van der Waals surface area contributed by atoms with Crippen molar-refractivity contribution in [2.75, 3.05) is 0 Å². The molecule has 2 aliphatic carbocycles. The van der Waals surface area contributed by atoms with Crippen LogP contribution in [0.2, 0.25) is 0 Å². The first kappa shape index (κ1) is 13.9. The lowest BCUT2D eigenvalue weighted by molar-refractivity contribution is 0.446. The van der Waals surface area contributed by atoms with Crippen molar-refractivity contribution in [1.29, 1.82) is 0 Å². The number of allylic oxidation sites excluding steroid dienone is 10. The van der Waals surface area contributed by atoms with Gasteiger partial charge in [-0.2, -0.15) is 0 Å². The zero-order valence-corrected chi connectivity index (χ0v) is 12.2. The molecule has 19 heavy (non-hydrogen) atoms. The predicted molar refractivity (Wildman–Crippen MR) is 85.0 cm³/mol. The molecule has 0 aromatic heterocycles. The lowest BCUT2D eigenvalue weighted by Gasteiger charge is -2.28. The van der Waals surface area contributed by atoms with Gasteiger partial charge >= 0.3 is 0 Å². The van der Waals surface area contributed by atoms with Gasteiger partial charge in [0.25, 0.3) is 0 Å². The van der Waals surface area contributed by atoms with E-state index >= 15 is 0 Å². The van der Waals surface area contributed by atoms with Crippen LogP contribution in [0.25, 0.3) is 0 Å². The van der Waals surface area contributed by atoms with Gasteiger partial charge in [0, 0.05) is 5.41 Å². The van der Waals surface area contributed by atoms with Crippen LogP contribution in [0.3, 0.4) is 0 Å². The van der Waals surface area contributed by atoms with Gasteiger partial charge in [-0.25, -0.2) is 0 Å². The second kappa shape index (κ2) is 5.61. The Morgan fingerprint density at radius 1 is 1.05 bits per heavy atom. The van der Waals surface area contributed by atoms with Crippen LogP contribution in [0, 0.1) is 5.41 Å². The summed E-state index contributed by atoms with van der Waals surface area (Å²) in [6.45, 7) is 12.2. The van der Waals surface area contributed by atoms with Gasteiger partial charge in [-0.05, 0) is 61.8 Å². The van der Waals surface area contributed by atoms with Gasteiger partial charge in [-0.3, -0.25) is 0 Å². The Bertz CT molecular complexity index is 508. The molecular weight excluding hydrogens is 228 g/mol. The summed E-state index contributed by atoms with van der Waals surface area (Å²) in [5.41, 5.74) is 6.02. The van der Waals surface area contributed by atoms with E-state index in [1.165, 1.54) is 41.6 Å². The standard InChI is InChI=1S/C19H24/c1-5-9-10-16-12-14-19(18(16)8-4)13-11-15(6-2)17(19)7-3/h5-10H,2-3,11-14H2,1,4H3/b9-5-,16-10-,18-8+. The topological polar surface area (TPSA) is 0 Å². The van der Waals surface area contributed by atoms with Gasteiger partial charge in [0.15, 0.2) is 0 Å². The van der Waals surface area contributed by atoms with Crippen LogP contribution in [0.5, 0.6) is 0 Å². The first-order valence-corrected chi connectivity index (χ1v) is 7.21. The molecule has 0 N–H and O–H groups in total. The predicted octanol–water partition coefficient (Wildman–Crippen LogP) is 5.68. The monoisotopic (exact) mass is 252 g/mol. The van der Waals surface area contributed by atoms with E-state index in [0.29, 0.717) is 0 Å². The average Bonchev–Trinajstić information content (AvgIpc) is 2.97. The summed E-state index contributed by atoms with van der Waals surface area (Å²) in [5.74, 6) is 0. The van der Waals surface area contributed by atoms with E-state index in [9.17, 15) is 0 Å². The SMILES string of the molecule is C=CC1=C(C=C)C2(CC1)CCC(=C/C=C\C)/C2=C\C. The van der Waals surface area contributed by atoms with Crippen molar-refractivity contribution in [3.63, 3.8) is 0 Å². The van der Waals surface area contributed by atoms with Gasteiger partial charge in [0.05, 0.1) is 0 Å². The van der Waals surface area contributed by atoms with Gasteiger partial charge in [-0.15, -0.1) is 0 Å². The summed E-state index contributed by atoms with van der Waals surface area (Å²) >= 11 is 0. The molecule has 0 aliphatic heterocycles. The molecule has 1 unspecified atom stereocenters. The highest BCUT2D eigenvalue weighted by Crippen LogP contribution is 2.59. The number of hydrogen-bond acceptors (Lipinski definition) is 0. The molecule has 0 aromatic carbocycles. The van der Waals surface area contributed by atoms with E-state index < -0.39 is 0 Å². The van der Waals surface area contributed by atoms with Crippen molar-refractivity contribution in [2.24, 2.45) is 5.41 Å². The summed E-state index contributed by atoms with van der Waals surface area (Å²) in [4.78, 5) is 0. The highest BCUT2D eigenvalue weighted by Gasteiger charge is 2.45. The molecule has 0 saturated heterocycles. The summed E-state index contributed by atoms with van der Waals surface area (Å²) in [6.07, 6.45) is 17.6. The van der Waals surface area contributed by atoms with Crippen molar-refractivity contribution < 1.29 is 0 Å². The van der Waals surface area contributed by atoms with Crippen LogP contribution in [-0.2, 0) is 0 Å². The third kappa shape index (κ3) is 2.10. The molecule has 0 aromatic rings. The van der Waals surface area contributed by atoms with Gasteiger partial charge in [0.1, 0.15) is 0 Å². The van der Waals surface area contributed by atoms with Crippen molar-refractivity contribution in [2.45, 2.75) is 39.5 Å². The Balaban J connectivity index is 2.50. The fraction of sp³-hybridized carbons (Fsp3) is 0.368. The minimum Gasteiger partial charge on any atom is -0.0988 e. The highest BCUT2D eigenvalue weighted by molar-refractivity contribution is 5.56. The summed E-state index contributed by atoms with van der Waals surface area (Å²) in [7, 11) is 0. The van der Waals surface area contributed by atoms with Crippen LogP contribution in [0.1, 0.15) is 39.5 Å². The fourth-order valence-electron chi connectivity index (χ4n) is 3.77. The van der Waals surface area contributed by atoms with E-state index in [0.717, 1.165) is 6.42 Å². The fourth-order valence-corrected chi connectivity index (χ4v) is 3.77. The Morgan fingerprint density at radius 2 is 1.79 bits per heavy atom. The van der Waals surface area contributed by atoms with Crippen LogP contribution >= 0.6 is 0 Å². The third-order valence-corrected chi connectivity index (χ3v) is 4.59. The summed E-state index contributed by atoms with van der Waals surface area (Å²) < 4.78 is 0. The maximum absolute atomic E-state index is 4.05. The van der Waals surface area contributed by atoms with Crippen molar-refractivity contribution in [1.82, 2.24) is 0 Å². The molecule has 1 fully saturated rings. The first-order valence-electron chi connectivity index (χ1n) is 7.21. The third-order valence-electron chi connectivity index (χ3n) is 4.59. The molecular formula is C19H24. The molecule has 0 radical (unpaired) electrons. The molecule has 0 bridgehead atoms. The van der Waals surface area contributed by atoms with E-state index in [2.05, 4.69) is 57.4 Å². The molecule has 1 atom stereocenters. The lowest BCUT2D eigenvalue weighted by atomic mass is 9.75. The minimum atomic E-state index is 0.216. The second-order valence-electron chi connectivity index (χ2n) is 5.35. The molecule has 0 heterocycles. The van der Waals surface area contributed by atoms with E-state index in [1.54, 1.807) is 0 Å². The van der Waals surface area contributed by atoms with Crippen molar-refractivity contribution >= 4 is 0 Å². The van der Waals surface area contributed by atoms with Crippen LogP contribution in [-0.4, -0.2) is 0 Å². The smallest absolute Gasteiger partial charge is 0.0211 e. The lowest BCUT2D eigenvalue weighted by Crippen LogP contribution is -2.17. The molecule has 100 valence electrons. The number of hydrogen-bond donors (Lipinski definition) is 0. The normalized spacial score (nSPS) is 31.3. The van der Waals surface area contributed by atoms with E-state index in [-0.39, 0.29) is 5.41 Å². The maximum Gasteiger partial charge on any atom is 0.0211 e. The molecule has 0 heteroatoms. The summed E-state index contributed by atoms with van der Waals surface area (Å²) in [5, 5.41) is 0. The van der Waals surface area contributed by atoms with E-state index in [1.807, 2.05) is 6.08 Å². The van der Waals surface area contributed by atoms with Gasteiger partial charge in [-0.1, -0.05) is 49.6 Å². The molecule has 0 amide bonds. The summed E-state index contributed by atoms with van der Waals surface area (Å²) in [6, 6.07) is 0. The number of rotatable bonds is 3. The zero-order valence-electron chi connectivity index (χ0n) is 12.2. The Hall–Kier alpha value is -1.56. The van der Waals surface area contributed by atoms with Crippen LogP contribution in [0.4, 0.5) is 0 Å². The molecule has 1 spiro atoms. The van der Waals surface area contributed by atoms with Crippen molar-refractivity contribution in [3.8, 4) is 0 Å². The molecule has 1 saturated carbocycles. The van der Waals surface area contributed by atoms with Gasteiger partial charge in [0.2, 0.25) is 0 Å². The van der Waals surface area contributed by atoms with E-state index in [4.69, 9.17) is 0 Å². The van der Waals surface area contributed by atoms with Crippen LogP contribution in [0.15, 0.2) is 71.9 Å². The Morgan fingerprint density at radius 3 is 2.37 bits per heavy atom. The first-order chi connectivity index (χ1) is 9.23. The highest BCUT2D eigenvalue weighted by atomic mass is 14.5. The largest absolute Gasteiger partial charge is 0.0988 e. The zero-order chi connectivity index (χ0) is 13.9. The van der Waals surface area contributed by atoms with Crippen molar-refractivity contribution in [3.05, 3.63) is 71.9 Å². The molecule has 2 rings (SSSR count). The second-order valence-corrected chi connectivity index (χ2v) is 5.35. The Labute approximate surface area is 117 Å². The van der Waals surface area contributed by atoms with Gasteiger partial charge < -0.3 is 0 Å². The molecule has 2 aliphatic rings. The average molecular weight is 252 g/mol. The minimum absolute atomic E-state index is 0.216. The maximum atomic E-state index is 4.05. The quantitative estimate of drug-likeness (QED) is 0.606. The Kier molecular flexibility index (Phi) is 4.09.